The lowest BCUT2D eigenvalue weighted by Gasteiger charge is -2.04. The van der Waals surface area contributed by atoms with Gasteiger partial charge >= 0.3 is 6.18 Å². The Morgan fingerprint density at radius 2 is 2.08 bits per heavy atom. The number of hydrogen-bond acceptors (Lipinski definition) is 3. The molecular weight excluding hydrogens is 209 g/mol. The highest BCUT2D eigenvalue weighted by molar-refractivity contribution is 6.67. The molecule has 7 heteroatoms. The van der Waals surface area contributed by atoms with Gasteiger partial charge in [-0.2, -0.15) is 13.2 Å². The first-order chi connectivity index (χ1) is 5.91. The van der Waals surface area contributed by atoms with Gasteiger partial charge in [-0.1, -0.05) is 0 Å². The third-order valence-electron chi connectivity index (χ3n) is 1.12. The molecule has 0 bridgehead atoms. The van der Waals surface area contributed by atoms with E-state index in [2.05, 4.69) is 9.97 Å². The molecule has 1 heterocycles. The molecular formula is C6H2ClF3N2O. The van der Waals surface area contributed by atoms with E-state index in [-0.39, 0.29) is 0 Å². The summed E-state index contributed by atoms with van der Waals surface area (Å²) >= 11 is 4.89. The third-order valence-corrected chi connectivity index (χ3v) is 1.29. The number of carbonyl (C=O) groups excluding carboxylic acids is 1. The second-order valence-electron chi connectivity index (χ2n) is 2.04. The van der Waals surface area contributed by atoms with Gasteiger partial charge in [-0.3, -0.25) is 4.79 Å². The molecule has 0 aliphatic rings. The van der Waals surface area contributed by atoms with Crippen molar-refractivity contribution < 1.29 is 18.0 Å². The summed E-state index contributed by atoms with van der Waals surface area (Å²) < 4.78 is 36.0. The molecule has 0 N–H and O–H groups in total. The predicted molar refractivity (Wildman–Crippen MR) is 37.2 cm³/mol. The molecule has 0 saturated carbocycles. The smallest absolute Gasteiger partial charge is 0.272 e. The van der Waals surface area contributed by atoms with E-state index in [1.54, 1.807) is 0 Å². The van der Waals surface area contributed by atoms with Crippen molar-refractivity contribution in [1.29, 1.82) is 0 Å². The molecule has 0 spiro atoms. The Kier molecular flexibility index (Phi) is 2.51. The van der Waals surface area contributed by atoms with Gasteiger partial charge in [0.05, 0.1) is 0 Å². The molecule has 0 unspecified atom stereocenters. The van der Waals surface area contributed by atoms with Crippen molar-refractivity contribution in [2.45, 2.75) is 6.18 Å². The Labute approximate surface area is 75.6 Å². The molecule has 3 nitrogen and oxygen atoms in total. The average Bonchev–Trinajstić information content (AvgIpc) is 2.03. The summed E-state index contributed by atoms with van der Waals surface area (Å²) in [7, 11) is 0. The molecule has 0 aliphatic heterocycles. The molecule has 13 heavy (non-hydrogen) atoms. The van der Waals surface area contributed by atoms with Gasteiger partial charge in [0.2, 0.25) is 5.82 Å². The topological polar surface area (TPSA) is 42.9 Å². The van der Waals surface area contributed by atoms with Crippen LogP contribution in [0.4, 0.5) is 13.2 Å². The fourth-order valence-corrected chi connectivity index (χ4v) is 0.702. The van der Waals surface area contributed by atoms with Crippen molar-refractivity contribution in [2.24, 2.45) is 0 Å². The van der Waals surface area contributed by atoms with Gasteiger partial charge in [0.1, 0.15) is 5.69 Å². The lowest BCUT2D eigenvalue weighted by Crippen LogP contribution is -2.11. The molecule has 1 aromatic heterocycles. The summed E-state index contributed by atoms with van der Waals surface area (Å²) in [6, 6.07) is 0.656. The molecule has 0 saturated heterocycles. The first kappa shape index (κ1) is 9.91. The summed E-state index contributed by atoms with van der Waals surface area (Å²) in [6.45, 7) is 0. The van der Waals surface area contributed by atoms with Crippen LogP contribution in [0.2, 0.25) is 0 Å². The lowest BCUT2D eigenvalue weighted by molar-refractivity contribution is -0.141. The van der Waals surface area contributed by atoms with Crippen molar-refractivity contribution in [1.82, 2.24) is 9.97 Å². The number of nitrogens with zero attached hydrogens (tertiary/aromatic N) is 2. The van der Waals surface area contributed by atoms with Gasteiger partial charge < -0.3 is 0 Å². The minimum atomic E-state index is -4.59. The van der Waals surface area contributed by atoms with E-state index >= 15 is 0 Å². The molecule has 0 atom stereocenters. The molecule has 1 aromatic rings. The maximum atomic E-state index is 12.0. The van der Waals surface area contributed by atoms with Crippen LogP contribution in [-0.4, -0.2) is 15.2 Å². The summed E-state index contributed by atoms with van der Waals surface area (Å²) in [5, 5.41) is -1.12. The van der Waals surface area contributed by atoms with E-state index < -0.39 is 22.9 Å². The van der Waals surface area contributed by atoms with Crippen molar-refractivity contribution in [3.8, 4) is 0 Å². The van der Waals surface area contributed by atoms with Crippen molar-refractivity contribution in [3.63, 3.8) is 0 Å². The zero-order valence-corrected chi connectivity index (χ0v) is 6.73. The fourth-order valence-electron chi connectivity index (χ4n) is 0.611. The Bertz CT molecular complexity index is 339. The minimum Gasteiger partial charge on any atom is -0.272 e. The number of hydrogen-bond donors (Lipinski definition) is 0. The second-order valence-corrected chi connectivity index (χ2v) is 2.38. The zero-order valence-electron chi connectivity index (χ0n) is 5.97. The van der Waals surface area contributed by atoms with Crippen LogP contribution < -0.4 is 0 Å². The van der Waals surface area contributed by atoms with E-state index in [0.717, 1.165) is 6.20 Å². The van der Waals surface area contributed by atoms with Crippen LogP contribution >= 0.6 is 11.6 Å². The van der Waals surface area contributed by atoms with E-state index in [4.69, 9.17) is 11.6 Å². The molecule has 1 rings (SSSR count). The SMILES string of the molecule is O=C(Cl)c1nccc(C(F)(F)F)n1. The number of rotatable bonds is 1. The maximum Gasteiger partial charge on any atom is 0.433 e. The largest absolute Gasteiger partial charge is 0.433 e. The number of halogens is 4. The average molecular weight is 211 g/mol. The zero-order chi connectivity index (χ0) is 10.1. The van der Waals surface area contributed by atoms with E-state index in [1.807, 2.05) is 0 Å². The van der Waals surface area contributed by atoms with Gasteiger partial charge in [0, 0.05) is 6.20 Å². The predicted octanol–water partition coefficient (Wildman–Crippen LogP) is 1.87. The van der Waals surface area contributed by atoms with E-state index in [0.29, 0.717) is 6.07 Å². The molecule has 0 radical (unpaired) electrons. The highest BCUT2D eigenvalue weighted by Gasteiger charge is 2.33. The van der Waals surface area contributed by atoms with Crippen LogP contribution in [0.1, 0.15) is 16.3 Å². The summed E-state index contributed by atoms with van der Waals surface area (Å²) in [4.78, 5) is 16.6. The van der Waals surface area contributed by atoms with Gasteiger partial charge in [-0.25, -0.2) is 9.97 Å². The van der Waals surface area contributed by atoms with Gasteiger partial charge in [-0.05, 0) is 17.7 Å². The minimum absolute atomic E-state index is 0.656. The molecule has 70 valence electrons. The number of carbonyl (C=O) groups is 1. The lowest BCUT2D eigenvalue weighted by atomic mass is 10.4. The number of aromatic nitrogens is 2. The Hall–Kier alpha value is -1.17. The van der Waals surface area contributed by atoms with Crippen LogP contribution in [0, 0.1) is 0 Å². The molecule has 0 aliphatic carbocycles. The van der Waals surface area contributed by atoms with Crippen molar-refractivity contribution in [3.05, 3.63) is 23.8 Å². The first-order valence-corrected chi connectivity index (χ1v) is 3.39. The van der Waals surface area contributed by atoms with Crippen molar-refractivity contribution in [2.75, 3.05) is 0 Å². The molecule has 0 fully saturated rings. The summed E-state index contributed by atoms with van der Waals surface area (Å²) in [6.07, 6.45) is -3.77. The summed E-state index contributed by atoms with van der Waals surface area (Å²) in [5.41, 5.74) is -1.19. The summed E-state index contributed by atoms with van der Waals surface area (Å²) in [5.74, 6) is -0.656. The van der Waals surface area contributed by atoms with Crippen LogP contribution in [0.5, 0.6) is 0 Å². The molecule has 0 aromatic carbocycles. The van der Waals surface area contributed by atoms with Crippen LogP contribution in [0.25, 0.3) is 0 Å². The Balaban J connectivity index is 3.13. The van der Waals surface area contributed by atoms with Crippen LogP contribution in [0.15, 0.2) is 12.3 Å². The second kappa shape index (κ2) is 3.29. The van der Waals surface area contributed by atoms with E-state index in [9.17, 15) is 18.0 Å². The molecule has 0 amide bonds. The Morgan fingerprint density at radius 3 is 2.54 bits per heavy atom. The standard InChI is InChI=1S/C6H2ClF3N2O/c7-4(13)5-11-2-1-3(12-5)6(8,9)10/h1-2H. The van der Waals surface area contributed by atoms with Crippen LogP contribution in [-0.2, 0) is 6.18 Å². The van der Waals surface area contributed by atoms with Crippen molar-refractivity contribution >= 4 is 16.8 Å². The number of alkyl halides is 3. The third kappa shape index (κ3) is 2.38. The monoisotopic (exact) mass is 210 g/mol. The maximum absolute atomic E-state index is 12.0. The Morgan fingerprint density at radius 1 is 1.46 bits per heavy atom. The highest BCUT2D eigenvalue weighted by Crippen LogP contribution is 2.26. The normalized spacial score (nSPS) is 11.4. The first-order valence-electron chi connectivity index (χ1n) is 3.01. The van der Waals surface area contributed by atoms with Gasteiger partial charge in [0.15, 0.2) is 0 Å². The van der Waals surface area contributed by atoms with Crippen LogP contribution in [0.3, 0.4) is 0 Å². The van der Waals surface area contributed by atoms with Gasteiger partial charge in [0.25, 0.3) is 5.24 Å². The quantitative estimate of drug-likeness (QED) is 0.665. The highest BCUT2D eigenvalue weighted by atomic mass is 35.5. The van der Waals surface area contributed by atoms with Gasteiger partial charge in [-0.15, -0.1) is 0 Å². The van der Waals surface area contributed by atoms with E-state index in [1.165, 1.54) is 0 Å². The fraction of sp³-hybridized carbons (Fsp3) is 0.167.